The Morgan fingerprint density at radius 3 is 2.32 bits per heavy atom. The smallest absolute Gasteiger partial charge is 0.238 e. The van der Waals surface area contributed by atoms with Crippen LogP contribution in [0.3, 0.4) is 0 Å². The van der Waals surface area contributed by atoms with Crippen molar-refractivity contribution in [2.24, 2.45) is 16.5 Å². The van der Waals surface area contributed by atoms with Crippen LogP contribution in [0.5, 0.6) is 0 Å². The number of hydrogen-bond donors (Lipinski definition) is 2. The van der Waals surface area contributed by atoms with Crippen molar-refractivity contribution in [1.29, 1.82) is 0 Å². The Bertz CT molecular complexity index is 591. The van der Waals surface area contributed by atoms with Crippen LogP contribution >= 0.6 is 0 Å². The van der Waals surface area contributed by atoms with E-state index in [0.29, 0.717) is 6.54 Å². The summed E-state index contributed by atoms with van der Waals surface area (Å²) in [6, 6.07) is 6.19. The van der Waals surface area contributed by atoms with E-state index in [9.17, 15) is 13.2 Å². The summed E-state index contributed by atoms with van der Waals surface area (Å²) in [7, 11) is -3.66. The van der Waals surface area contributed by atoms with E-state index in [1.165, 1.54) is 12.1 Å². The molecule has 1 aromatic rings. The van der Waals surface area contributed by atoms with E-state index in [4.69, 9.17) is 5.14 Å². The second-order valence-electron chi connectivity index (χ2n) is 5.65. The first-order valence-corrected chi connectivity index (χ1v) is 7.64. The first-order valence-electron chi connectivity index (χ1n) is 6.09. The van der Waals surface area contributed by atoms with Crippen molar-refractivity contribution < 1.29 is 13.2 Å². The lowest BCUT2D eigenvalue weighted by Gasteiger charge is -2.07. The normalized spacial score (nSPS) is 20.9. The molecule has 1 fully saturated rings. The highest BCUT2D eigenvalue weighted by Crippen LogP contribution is 2.51. The second-order valence-corrected chi connectivity index (χ2v) is 7.21. The molecule has 1 aromatic carbocycles. The highest BCUT2D eigenvalue weighted by Gasteiger charge is 2.50. The summed E-state index contributed by atoms with van der Waals surface area (Å²) in [6.45, 7) is 4.53. The fourth-order valence-electron chi connectivity index (χ4n) is 2.02. The molecule has 1 aliphatic rings. The number of benzene rings is 1. The zero-order valence-corrected chi connectivity index (χ0v) is 11.8. The molecular formula is C13H18N2O3S. The van der Waals surface area contributed by atoms with Crippen LogP contribution in [-0.4, -0.2) is 14.3 Å². The van der Waals surface area contributed by atoms with E-state index < -0.39 is 10.0 Å². The molecule has 0 aliphatic heterocycles. The van der Waals surface area contributed by atoms with Crippen LogP contribution in [0.15, 0.2) is 29.2 Å². The summed E-state index contributed by atoms with van der Waals surface area (Å²) in [5.74, 6) is 0.150. The maximum atomic E-state index is 11.8. The van der Waals surface area contributed by atoms with Crippen LogP contribution in [0, 0.1) is 11.3 Å². The first-order chi connectivity index (χ1) is 8.70. The van der Waals surface area contributed by atoms with Crippen molar-refractivity contribution in [1.82, 2.24) is 5.32 Å². The van der Waals surface area contributed by atoms with E-state index in [1.807, 2.05) is 0 Å². The topological polar surface area (TPSA) is 89.3 Å². The average molecular weight is 282 g/mol. The van der Waals surface area contributed by atoms with Crippen LogP contribution < -0.4 is 10.5 Å². The lowest BCUT2D eigenvalue weighted by atomic mass is 10.1. The molecule has 0 saturated heterocycles. The SMILES string of the molecule is CC1(C)CC1C(=O)NCc1ccc(S(N)(=O)=O)cc1. The van der Waals surface area contributed by atoms with Crippen molar-refractivity contribution in [2.45, 2.75) is 31.7 Å². The molecule has 2 rings (SSSR count). The minimum Gasteiger partial charge on any atom is -0.352 e. The third-order valence-electron chi connectivity index (χ3n) is 3.55. The number of hydrogen-bond acceptors (Lipinski definition) is 3. The molecule has 0 spiro atoms. The van der Waals surface area contributed by atoms with E-state index in [2.05, 4.69) is 19.2 Å². The first kappa shape index (κ1) is 14.0. The minimum absolute atomic E-state index is 0.0560. The highest BCUT2D eigenvalue weighted by atomic mass is 32.2. The third-order valence-corrected chi connectivity index (χ3v) is 4.48. The lowest BCUT2D eigenvalue weighted by Crippen LogP contribution is -2.26. The van der Waals surface area contributed by atoms with Gasteiger partial charge < -0.3 is 5.32 Å². The molecule has 6 heteroatoms. The van der Waals surface area contributed by atoms with Crippen LogP contribution in [0.1, 0.15) is 25.8 Å². The number of sulfonamides is 1. The monoisotopic (exact) mass is 282 g/mol. The second kappa shape index (κ2) is 4.61. The van der Waals surface area contributed by atoms with Crippen LogP contribution in [0.2, 0.25) is 0 Å². The Balaban J connectivity index is 1.92. The van der Waals surface area contributed by atoms with Crippen LogP contribution in [0.25, 0.3) is 0 Å². The summed E-state index contributed by atoms with van der Waals surface area (Å²) >= 11 is 0. The van der Waals surface area contributed by atoms with Gasteiger partial charge in [-0.25, -0.2) is 13.6 Å². The number of carbonyl (C=O) groups is 1. The van der Waals surface area contributed by atoms with E-state index >= 15 is 0 Å². The molecule has 1 atom stereocenters. The van der Waals surface area contributed by atoms with Gasteiger partial charge in [-0.2, -0.15) is 0 Å². The van der Waals surface area contributed by atoms with Gasteiger partial charge in [-0.3, -0.25) is 4.79 Å². The molecule has 0 bridgehead atoms. The van der Waals surface area contributed by atoms with Crippen molar-refractivity contribution in [3.05, 3.63) is 29.8 Å². The average Bonchev–Trinajstić information content (AvgIpc) is 2.95. The van der Waals surface area contributed by atoms with Crippen molar-refractivity contribution in [2.75, 3.05) is 0 Å². The predicted octanol–water partition coefficient (Wildman–Crippen LogP) is 0.996. The van der Waals surface area contributed by atoms with Gasteiger partial charge in [0.2, 0.25) is 15.9 Å². The van der Waals surface area contributed by atoms with Gasteiger partial charge in [0.1, 0.15) is 0 Å². The van der Waals surface area contributed by atoms with Gasteiger partial charge in [-0.15, -0.1) is 0 Å². The lowest BCUT2D eigenvalue weighted by molar-refractivity contribution is -0.123. The minimum atomic E-state index is -3.66. The van der Waals surface area contributed by atoms with E-state index in [-0.39, 0.29) is 22.1 Å². The summed E-state index contributed by atoms with van der Waals surface area (Å²) < 4.78 is 22.2. The Labute approximate surface area is 113 Å². The quantitative estimate of drug-likeness (QED) is 0.863. The number of amides is 1. The molecule has 1 aliphatic carbocycles. The largest absolute Gasteiger partial charge is 0.352 e. The van der Waals surface area contributed by atoms with Gasteiger partial charge in [0.25, 0.3) is 0 Å². The summed E-state index contributed by atoms with van der Waals surface area (Å²) in [6.07, 6.45) is 0.920. The fourth-order valence-corrected chi connectivity index (χ4v) is 2.54. The number of primary sulfonamides is 1. The molecule has 0 radical (unpaired) electrons. The van der Waals surface area contributed by atoms with Gasteiger partial charge in [0.15, 0.2) is 0 Å². The summed E-state index contributed by atoms with van der Waals surface area (Å²) in [4.78, 5) is 11.9. The van der Waals surface area contributed by atoms with Gasteiger partial charge in [-0.1, -0.05) is 26.0 Å². The Morgan fingerprint density at radius 2 is 1.89 bits per heavy atom. The molecule has 104 valence electrons. The van der Waals surface area contributed by atoms with Gasteiger partial charge in [0, 0.05) is 12.5 Å². The van der Waals surface area contributed by atoms with Gasteiger partial charge >= 0.3 is 0 Å². The Kier molecular flexibility index (Phi) is 3.40. The fraction of sp³-hybridized carbons (Fsp3) is 0.462. The zero-order chi connectivity index (χ0) is 14.3. The molecule has 0 heterocycles. The summed E-state index contributed by atoms with van der Waals surface area (Å²) in [5, 5.41) is 7.86. The van der Waals surface area contributed by atoms with Crippen LogP contribution in [0.4, 0.5) is 0 Å². The van der Waals surface area contributed by atoms with Crippen molar-refractivity contribution in [3.8, 4) is 0 Å². The number of nitrogens with two attached hydrogens (primary N) is 1. The predicted molar refractivity (Wildman–Crippen MR) is 71.5 cm³/mol. The Morgan fingerprint density at radius 1 is 1.37 bits per heavy atom. The van der Waals surface area contributed by atoms with Crippen LogP contribution in [-0.2, 0) is 21.4 Å². The highest BCUT2D eigenvalue weighted by molar-refractivity contribution is 7.89. The maximum Gasteiger partial charge on any atom is 0.238 e. The molecular weight excluding hydrogens is 264 g/mol. The molecule has 5 nitrogen and oxygen atoms in total. The number of nitrogens with one attached hydrogen (secondary N) is 1. The molecule has 19 heavy (non-hydrogen) atoms. The molecule has 1 unspecified atom stereocenters. The standard InChI is InChI=1S/C13H18N2O3S/c1-13(2)7-11(13)12(16)15-8-9-3-5-10(6-4-9)19(14,17)18/h3-6,11H,7-8H2,1-2H3,(H,15,16)(H2,14,17,18). The van der Waals surface area contributed by atoms with Crippen molar-refractivity contribution in [3.63, 3.8) is 0 Å². The molecule has 1 saturated carbocycles. The molecule has 0 aromatic heterocycles. The van der Waals surface area contributed by atoms with E-state index in [0.717, 1.165) is 12.0 Å². The number of carbonyl (C=O) groups excluding carboxylic acids is 1. The molecule has 3 N–H and O–H groups in total. The van der Waals surface area contributed by atoms with Gasteiger partial charge in [-0.05, 0) is 29.5 Å². The maximum absolute atomic E-state index is 11.8. The van der Waals surface area contributed by atoms with Crippen molar-refractivity contribution >= 4 is 15.9 Å². The van der Waals surface area contributed by atoms with E-state index in [1.54, 1.807) is 12.1 Å². The number of rotatable bonds is 4. The Hall–Kier alpha value is -1.40. The zero-order valence-electron chi connectivity index (χ0n) is 11.0. The molecule has 1 amide bonds. The van der Waals surface area contributed by atoms with Gasteiger partial charge in [0.05, 0.1) is 4.90 Å². The summed E-state index contributed by atoms with van der Waals surface area (Å²) in [5.41, 5.74) is 0.959. The third kappa shape index (κ3) is 3.33.